The van der Waals surface area contributed by atoms with Crippen LogP contribution in [0.5, 0.6) is 5.75 Å². The zero-order valence-electron chi connectivity index (χ0n) is 18.2. The Hall–Kier alpha value is -3.02. The van der Waals surface area contributed by atoms with E-state index in [4.69, 9.17) is 4.74 Å². The van der Waals surface area contributed by atoms with E-state index in [1.165, 1.54) is 19.3 Å². The van der Waals surface area contributed by atoms with Crippen molar-refractivity contribution in [3.63, 3.8) is 0 Å². The summed E-state index contributed by atoms with van der Waals surface area (Å²) in [5.74, 6) is 0.349. The van der Waals surface area contributed by atoms with E-state index in [1.807, 2.05) is 18.2 Å². The second-order valence-corrected chi connectivity index (χ2v) is 8.42. The number of nitrogens with zero attached hydrogens (tertiary/aromatic N) is 1. The molecule has 2 fully saturated rings. The lowest BCUT2D eigenvalue weighted by Crippen LogP contribution is -2.37. The molecule has 1 saturated carbocycles. The summed E-state index contributed by atoms with van der Waals surface area (Å²) in [4.78, 5) is 28.2. The monoisotopic (exact) mass is 421 g/mol. The van der Waals surface area contributed by atoms with Crippen molar-refractivity contribution < 1.29 is 14.3 Å². The van der Waals surface area contributed by atoms with Gasteiger partial charge in [0.15, 0.2) is 0 Å². The Bertz CT molecular complexity index is 931. The van der Waals surface area contributed by atoms with Crippen LogP contribution in [0, 0.1) is 0 Å². The molecule has 2 amide bonds. The summed E-state index contributed by atoms with van der Waals surface area (Å²) >= 11 is 0. The van der Waals surface area contributed by atoms with Crippen LogP contribution in [0.4, 0.5) is 11.4 Å². The van der Waals surface area contributed by atoms with Crippen LogP contribution >= 0.6 is 0 Å². The molecule has 2 aromatic carbocycles. The maximum atomic E-state index is 13.2. The third kappa shape index (κ3) is 5.19. The number of benzene rings is 2. The number of amides is 2. The Kier molecular flexibility index (Phi) is 6.75. The first kappa shape index (κ1) is 21.2. The van der Waals surface area contributed by atoms with E-state index in [9.17, 15) is 9.59 Å². The molecule has 164 valence electrons. The van der Waals surface area contributed by atoms with Crippen LogP contribution in [-0.4, -0.2) is 38.1 Å². The number of methoxy groups -OCH3 is 1. The van der Waals surface area contributed by atoms with Gasteiger partial charge in [-0.25, -0.2) is 0 Å². The van der Waals surface area contributed by atoms with E-state index in [1.54, 1.807) is 31.4 Å². The highest BCUT2D eigenvalue weighted by atomic mass is 16.5. The fourth-order valence-electron chi connectivity index (χ4n) is 4.51. The third-order valence-electron chi connectivity index (χ3n) is 6.22. The van der Waals surface area contributed by atoms with Crippen molar-refractivity contribution in [2.24, 2.45) is 0 Å². The molecule has 0 atom stereocenters. The van der Waals surface area contributed by atoms with E-state index in [0.29, 0.717) is 22.6 Å². The number of anilines is 2. The third-order valence-corrected chi connectivity index (χ3v) is 6.22. The Morgan fingerprint density at radius 1 is 0.935 bits per heavy atom. The molecule has 1 aliphatic carbocycles. The first-order valence-electron chi connectivity index (χ1n) is 11.3. The number of hydrogen-bond donors (Lipinski definition) is 2. The SMILES string of the molecule is COc1cccc(C(=O)Nc2ccc(N3CCCC3)c(C(=O)NC3CCCCC3)c2)c1. The smallest absolute Gasteiger partial charge is 0.255 e. The first-order valence-corrected chi connectivity index (χ1v) is 11.3. The molecule has 2 N–H and O–H groups in total. The second-order valence-electron chi connectivity index (χ2n) is 8.42. The lowest BCUT2D eigenvalue weighted by atomic mass is 9.95. The molecule has 4 rings (SSSR count). The lowest BCUT2D eigenvalue weighted by molar-refractivity contribution is 0.0927. The predicted octanol–water partition coefficient (Wildman–Crippen LogP) is 4.61. The molecule has 0 radical (unpaired) electrons. The van der Waals surface area contributed by atoms with Crippen molar-refractivity contribution in [3.8, 4) is 5.75 Å². The van der Waals surface area contributed by atoms with Gasteiger partial charge in [-0.1, -0.05) is 25.3 Å². The predicted molar refractivity (Wildman–Crippen MR) is 123 cm³/mol. The van der Waals surface area contributed by atoms with Crippen molar-refractivity contribution in [2.75, 3.05) is 30.4 Å². The molecule has 1 heterocycles. The van der Waals surface area contributed by atoms with Crippen LogP contribution < -0.4 is 20.3 Å². The van der Waals surface area contributed by atoms with Crippen LogP contribution in [0.25, 0.3) is 0 Å². The fourth-order valence-corrected chi connectivity index (χ4v) is 4.51. The van der Waals surface area contributed by atoms with Gasteiger partial charge in [0.2, 0.25) is 0 Å². The maximum Gasteiger partial charge on any atom is 0.255 e. The fraction of sp³-hybridized carbons (Fsp3) is 0.440. The van der Waals surface area contributed by atoms with Crippen molar-refractivity contribution >= 4 is 23.2 Å². The molecule has 6 heteroatoms. The van der Waals surface area contributed by atoms with E-state index < -0.39 is 0 Å². The van der Waals surface area contributed by atoms with Gasteiger partial charge in [0.25, 0.3) is 11.8 Å². The molecule has 0 unspecified atom stereocenters. The first-order chi connectivity index (χ1) is 15.1. The Morgan fingerprint density at radius 3 is 2.45 bits per heavy atom. The summed E-state index contributed by atoms with van der Waals surface area (Å²) in [6, 6.07) is 12.9. The standard InChI is InChI=1S/C25H31N3O3/c1-31-21-11-7-8-18(16-21)24(29)27-20-12-13-23(28-14-5-6-15-28)22(17-20)25(30)26-19-9-3-2-4-10-19/h7-8,11-13,16-17,19H,2-6,9-10,14-15H2,1H3,(H,26,30)(H,27,29). The van der Waals surface area contributed by atoms with Gasteiger partial charge in [0.05, 0.1) is 12.7 Å². The number of hydrogen-bond acceptors (Lipinski definition) is 4. The zero-order valence-corrected chi connectivity index (χ0v) is 18.2. The summed E-state index contributed by atoms with van der Waals surface area (Å²) in [6.45, 7) is 1.92. The minimum Gasteiger partial charge on any atom is -0.497 e. The van der Waals surface area contributed by atoms with Gasteiger partial charge in [0.1, 0.15) is 5.75 Å². The highest BCUT2D eigenvalue weighted by Gasteiger charge is 2.23. The molecule has 1 aliphatic heterocycles. The molecule has 2 aromatic rings. The molecular formula is C25H31N3O3. The molecular weight excluding hydrogens is 390 g/mol. The zero-order chi connectivity index (χ0) is 21.6. The minimum absolute atomic E-state index is 0.0497. The number of nitrogens with one attached hydrogen (secondary N) is 2. The maximum absolute atomic E-state index is 13.2. The number of carbonyl (C=O) groups is 2. The van der Waals surface area contributed by atoms with Crippen molar-refractivity contribution in [1.82, 2.24) is 5.32 Å². The van der Waals surface area contributed by atoms with Crippen LogP contribution in [-0.2, 0) is 0 Å². The summed E-state index contributed by atoms with van der Waals surface area (Å²) in [5.41, 5.74) is 2.71. The Balaban J connectivity index is 1.56. The van der Waals surface area contributed by atoms with Gasteiger partial charge in [-0.05, 0) is 62.1 Å². The van der Waals surface area contributed by atoms with Gasteiger partial charge in [0, 0.05) is 36.1 Å². The van der Waals surface area contributed by atoms with Crippen LogP contribution in [0.3, 0.4) is 0 Å². The van der Waals surface area contributed by atoms with Crippen molar-refractivity contribution in [3.05, 3.63) is 53.6 Å². The summed E-state index contributed by atoms with van der Waals surface area (Å²) in [5, 5.41) is 6.16. The highest BCUT2D eigenvalue weighted by molar-refractivity contribution is 6.06. The molecule has 6 nitrogen and oxygen atoms in total. The van der Waals surface area contributed by atoms with E-state index in [2.05, 4.69) is 15.5 Å². The van der Waals surface area contributed by atoms with Gasteiger partial charge >= 0.3 is 0 Å². The minimum atomic E-state index is -0.230. The molecule has 0 spiro atoms. The summed E-state index contributed by atoms with van der Waals surface area (Å²) < 4.78 is 5.21. The van der Waals surface area contributed by atoms with Crippen LogP contribution in [0.1, 0.15) is 65.7 Å². The quantitative estimate of drug-likeness (QED) is 0.715. The molecule has 1 saturated heterocycles. The number of carbonyl (C=O) groups excluding carboxylic acids is 2. The normalized spacial score (nSPS) is 16.7. The van der Waals surface area contributed by atoms with E-state index >= 15 is 0 Å². The average Bonchev–Trinajstić information content (AvgIpc) is 3.34. The van der Waals surface area contributed by atoms with Gasteiger partial charge < -0.3 is 20.3 Å². The average molecular weight is 422 g/mol. The molecule has 2 aliphatic rings. The topological polar surface area (TPSA) is 70.7 Å². The second kappa shape index (κ2) is 9.86. The molecule has 0 bridgehead atoms. The highest BCUT2D eigenvalue weighted by Crippen LogP contribution is 2.29. The largest absolute Gasteiger partial charge is 0.497 e. The molecule has 0 aromatic heterocycles. The van der Waals surface area contributed by atoms with Crippen LogP contribution in [0.15, 0.2) is 42.5 Å². The molecule has 31 heavy (non-hydrogen) atoms. The van der Waals surface area contributed by atoms with Crippen molar-refractivity contribution in [1.29, 1.82) is 0 Å². The van der Waals surface area contributed by atoms with Crippen LogP contribution in [0.2, 0.25) is 0 Å². The van der Waals surface area contributed by atoms with Gasteiger partial charge in [-0.3, -0.25) is 9.59 Å². The van der Waals surface area contributed by atoms with Gasteiger partial charge in [-0.15, -0.1) is 0 Å². The van der Waals surface area contributed by atoms with E-state index in [0.717, 1.165) is 44.5 Å². The van der Waals surface area contributed by atoms with Gasteiger partial charge in [-0.2, -0.15) is 0 Å². The summed E-state index contributed by atoms with van der Waals surface area (Å²) in [6.07, 6.45) is 7.93. The van der Waals surface area contributed by atoms with Crippen molar-refractivity contribution in [2.45, 2.75) is 51.0 Å². The number of ether oxygens (including phenoxy) is 1. The van der Waals surface area contributed by atoms with E-state index in [-0.39, 0.29) is 17.9 Å². The number of rotatable bonds is 6. The Morgan fingerprint density at radius 2 is 1.71 bits per heavy atom. The lowest BCUT2D eigenvalue weighted by Gasteiger charge is -2.25. The Labute approximate surface area is 184 Å². The summed E-state index contributed by atoms with van der Waals surface area (Å²) in [7, 11) is 1.57.